The summed E-state index contributed by atoms with van der Waals surface area (Å²) in [4.78, 5) is 31.4. The third kappa shape index (κ3) is 9.80. The van der Waals surface area contributed by atoms with Crippen molar-refractivity contribution >= 4 is 23.3 Å². The summed E-state index contributed by atoms with van der Waals surface area (Å²) in [6.45, 7) is 8.14. The van der Waals surface area contributed by atoms with Crippen molar-refractivity contribution in [2.24, 2.45) is 5.92 Å². The van der Waals surface area contributed by atoms with Gasteiger partial charge in [0.15, 0.2) is 11.5 Å². The van der Waals surface area contributed by atoms with E-state index in [2.05, 4.69) is 41.6 Å². The largest absolute Gasteiger partial charge is 0.497 e. The van der Waals surface area contributed by atoms with Crippen LogP contribution < -0.4 is 29.6 Å². The van der Waals surface area contributed by atoms with Gasteiger partial charge in [-0.1, -0.05) is 19.1 Å². The van der Waals surface area contributed by atoms with E-state index in [-0.39, 0.29) is 37.4 Å². The quantitative estimate of drug-likeness (QED) is 0.248. The average Bonchev–Trinajstić information content (AvgIpc) is 3.58. The molecule has 0 radical (unpaired) electrons. The highest BCUT2D eigenvalue weighted by atomic mass is 16.7. The molecule has 3 aromatic carbocycles. The molecule has 0 bridgehead atoms. The molecule has 12 heteroatoms. The van der Waals surface area contributed by atoms with Crippen LogP contribution in [0.5, 0.6) is 23.0 Å². The maximum absolute atomic E-state index is 14.4. The molecule has 50 heavy (non-hydrogen) atoms. The molecule has 3 N–H and O–H groups in total. The molecule has 3 aromatic rings. The van der Waals surface area contributed by atoms with Crippen LogP contribution in [0.15, 0.2) is 60.7 Å². The Hall–Kier alpha value is -4.52. The molecule has 2 heterocycles. The minimum Gasteiger partial charge on any atom is -0.497 e. The van der Waals surface area contributed by atoms with Crippen LogP contribution in [0.2, 0.25) is 0 Å². The lowest BCUT2D eigenvalue weighted by atomic mass is 10.0. The number of anilines is 2. The fourth-order valence-electron chi connectivity index (χ4n) is 6.15. The standard InChI is InChI=1S/C38H50N4O8/c1-25-20-42(26(2)23-43)37(44)32-18-29(39-38(45)40-30-12-16-34-35(19-30)49-24-48-34)11-15-33(32)50-27(3)8-6-7-17-47-36(25)22-41(4)21-28-9-13-31(46-5)14-10-28/h9-16,18-19,25-27,36,43H,6-8,17,20-24H2,1-5H3,(H2,39,40,45)/t25-,26-,27-,36-/m0/s1. The number of fused-ring (bicyclic) bond motifs is 2. The number of nitrogens with one attached hydrogen (secondary N) is 2. The average molecular weight is 691 g/mol. The number of aliphatic hydroxyl groups is 1. The Morgan fingerprint density at radius 2 is 1.70 bits per heavy atom. The summed E-state index contributed by atoms with van der Waals surface area (Å²) in [6.07, 6.45) is 2.24. The summed E-state index contributed by atoms with van der Waals surface area (Å²) in [5.41, 5.74) is 2.41. The van der Waals surface area contributed by atoms with Gasteiger partial charge >= 0.3 is 6.03 Å². The molecule has 2 aliphatic rings. The number of likely N-dealkylation sites (N-methyl/N-ethyl adjacent to an activating group) is 1. The van der Waals surface area contributed by atoms with Crippen molar-refractivity contribution in [2.75, 3.05) is 57.9 Å². The van der Waals surface area contributed by atoms with Crippen LogP contribution in [0.3, 0.4) is 0 Å². The van der Waals surface area contributed by atoms with E-state index >= 15 is 0 Å². The predicted molar refractivity (Wildman–Crippen MR) is 191 cm³/mol. The summed E-state index contributed by atoms with van der Waals surface area (Å²) in [5.74, 6) is 2.04. The first-order valence-corrected chi connectivity index (χ1v) is 17.3. The Balaban J connectivity index is 1.35. The van der Waals surface area contributed by atoms with E-state index in [0.29, 0.717) is 53.9 Å². The van der Waals surface area contributed by atoms with Gasteiger partial charge in [-0.3, -0.25) is 9.69 Å². The highest BCUT2D eigenvalue weighted by Gasteiger charge is 2.30. The lowest BCUT2D eigenvalue weighted by Crippen LogP contribution is -2.47. The number of nitrogens with zero attached hydrogens (tertiary/aromatic N) is 2. The van der Waals surface area contributed by atoms with Gasteiger partial charge in [-0.15, -0.1) is 0 Å². The lowest BCUT2D eigenvalue weighted by Gasteiger charge is -2.36. The maximum Gasteiger partial charge on any atom is 0.323 e. The van der Waals surface area contributed by atoms with E-state index < -0.39 is 12.1 Å². The van der Waals surface area contributed by atoms with Crippen molar-refractivity contribution in [3.63, 3.8) is 0 Å². The minimum atomic E-state index is -0.487. The predicted octanol–water partition coefficient (Wildman–Crippen LogP) is 6.00. The number of hydrogen-bond donors (Lipinski definition) is 3. The molecule has 3 amide bonds. The zero-order valence-electron chi connectivity index (χ0n) is 29.6. The Morgan fingerprint density at radius 3 is 2.42 bits per heavy atom. The van der Waals surface area contributed by atoms with E-state index in [9.17, 15) is 14.7 Å². The molecule has 5 rings (SSSR count). The summed E-state index contributed by atoms with van der Waals surface area (Å²) in [7, 11) is 3.72. The van der Waals surface area contributed by atoms with Gasteiger partial charge in [-0.25, -0.2) is 4.79 Å². The van der Waals surface area contributed by atoms with Gasteiger partial charge in [0, 0.05) is 49.6 Å². The molecule has 0 saturated heterocycles. The van der Waals surface area contributed by atoms with Crippen LogP contribution in [0.1, 0.15) is 56.0 Å². The second kappa shape index (κ2) is 17.4. The van der Waals surface area contributed by atoms with Gasteiger partial charge in [0.2, 0.25) is 6.79 Å². The molecule has 270 valence electrons. The normalized spacial score (nSPS) is 20.3. The molecule has 2 aliphatic heterocycles. The van der Waals surface area contributed by atoms with Gasteiger partial charge in [0.05, 0.1) is 37.5 Å². The number of amides is 3. The molecule has 4 atom stereocenters. The van der Waals surface area contributed by atoms with E-state index in [1.165, 1.54) is 0 Å². The third-order valence-corrected chi connectivity index (χ3v) is 9.04. The fraction of sp³-hybridized carbons (Fsp3) is 0.474. The van der Waals surface area contributed by atoms with E-state index in [0.717, 1.165) is 37.1 Å². The van der Waals surface area contributed by atoms with Crippen LogP contribution in [0.4, 0.5) is 16.2 Å². The van der Waals surface area contributed by atoms with Gasteiger partial charge in [0.25, 0.3) is 5.91 Å². The van der Waals surface area contributed by atoms with E-state index in [4.69, 9.17) is 23.7 Å². The Labute approximate surface area is 294 Å². The van der Waals surface area contributed by atoms with E-state index in [1.54, 1.807) is 48.4 Å². The second-order valence-corrected chi connectivity index (χ2v) is 13.2. The number of carbonyl (C=O) groups excluding carboxylic acids is 2. The molecule has 0 unspecified atom stereocenters. The number of carbonyl (C=O) groups is 2. The molecule has 0 spiro atoms. The van der Waals surface area contributed by atoms with Crippen molar-refractivity contribution in [3.8, 4) is 23.0 Å². The first-order valence-electron chi connectivity index (χ1n) is 17.3. The van der Waals surface area contributed by atoms with Crippen LogP contribution in [-0.2, 0) is 11.3 Å². The number of methoxy groups -OCH3 is 1. The molecule has 0 fully saturated rings. The van der Waals surface area contributed by atoms with Crippen molar-refractivity contribution in [1.82, 2.24) is 9.80 Å². The van der Waals surface area contributed by atoms with E-state index in [1.807, 2.05) is 26.0 Å². The first kappa shape index (κ1) is 36.8. The summed E-state index contributed by atoms with van der Waals surface area (Å²) >= 11 is 0. The third-order valence-electron chi connectivity index (χ3n) is 9.04. The topological polar surface area (TPSA) is 131 Å². The summed E-state index contributed by atoms with van der Waals surface area (Å²) in [6, 6.07) is 17.3. The Kier molecular flexibility index (Phi) is 12.8. The molecular weight excluding hydrogens is 640 g/mol. The van der Waals surface area contributed by atoms with Crippen LogP contribution in [0.25, 0.3) is 0 Å². The van der Waals surface area contributed by atoms with Gasteiger partial charge in [0.1, 0.15) is 11.5 Å². The number of rotatable bonds is 9. The van der Waals surface area contributed by atoms with Crippen molar-refractivity contribution in [2.45, 2.75) is 64.8 Å². The minimum absolute atomic E-state index is 0.0636. The fourth-order valence-corrected chi connectivity index (χ4v) is 6.15. The van der Waals surface area contributed by atoms with Crippen LogP contribution in [0, 0.1) is 5.92 Å². The smallest absolute Gasteiger partial charge is 0.323 e. The highest BCUT2D eigenvalue weighted by molar-refractivity contribution is 6.02. The van der Waals surface area contributed by atoms with Gasteiger partial charge in [-0.05, 0) is 88.2 Å². The van der Waals surface area contributed by atoms with Crippen LogP contribution >= 0.6 is 0 Å². The van der Waals surface area contributed by atoms with Crippen molar-refractivity contribution in [1.29, 1.82) is 0 Å². The van der Waals surface area contributed by atoms with Gasteiger partial charge < -0.3 is 44.3 Å². The monoisotopic (exact) mass is 690 g/mol. The molecule has 0 aromatic heterocycles. The molecule has 0 aliphatic carbocycles. The molecule has 0 saturated carbocycles. The highest BCUT2D eigenvalue weighted by Crippen LogP contribution is 2.34. The zero-order valence-corrected chi connectivity index (χ0v) is 29.6. The van der Waals surface area contributed by atoms with Crippen LogP contribution in [-0.4, -0.2) is 92.3 Å². The zero-order chi connectivity index (χ0) is 35.6. The number of urea groups is 1. The summed E-state index contributed by atoms with van der Waals surface area (Å²) < 4.78 is 28.9. The summed E-state index contributed by atoms with van der Waals surface area (Å²) in [5, 5.41) is 15.9. The maximum atomic E-state index is 14.4. The molecular formula is C38H50N4O8. The number of hydrogen-bond acceptors (Lipinski definition) is 9. The van der Waals surface area contributed by atoms with Gasteiger partial charge in [-0.2, -0.15) is 0 Å². The second-order valence-electron chi connectivity index (χ2n) is 13.2. The molecule has 12 nitrogen and oxygen atoms in total. The Bertz CT molecular complexity index is 1590. The number of ether oxygens (including phenoxy) is 5. The Morgan fingerprint density at radius 1 is 1.00 bits per heavy atom. The number of benzene rings is 3. The van der Waals surface area contributed by atoms with Crippen molar-refractivity contribution in [3.05, 3.63) is 71.8 Å². The SMILES string of the molecule is COc1ccc(CN(C)C[C@@H]2OCCCC[C@H](C)Oc3ccc(NC(=O)Nc4ccc5c(c4)OCO5)cc3C(=O)N([C@@H](C)CO)C[C@@H]2C)cc1. The lowest BCUT2D eigenvalue weighted by molar-refractivity contribution is -0.0177. The van der Waals surface area contributed by atoms with Crippen molar-refractivity contribution < 1.29 is 38.4 Å². The number of aliphatic hydroxyl groups excluding tert-OH is 1. The first-order chi connectivity index (χ1) is 24.1.